The second-order valence-electron chi connectivity index (χ2n) is 18.6. The molecule has 13 nitrogen and oxygen atoms in total. The van der Waals surface area contributed by atoms with Gasteiger partial charge in [0.05, 0.1) is 22.8 Å². The lowest BCUT2D eigenvalue weighted by atomic mass is 10.0. The summed E-state index contributed by atoms with van der Waals surface area (Å²) in [6.07, 6.45) is 31.7. The maximum absolute atomic E-state index is 12.7. The predicted molar refractivity (Wildman–Crippen MR) is 284 cm³/mol. The van der Waals surface area contributed by atoms with Crippen LogP contribution in [-0.4, -0.2) is 65.1 Å². The Hall–Kier alpha value is -7.45. The number of aromatic amines is 2. The Kier molecular flexibility index (Phi) is 16.0. The molecule has 7 N–H and O–H groups in total. The van der Waals surface area contributed by atoms with Crippen LogP contribution in [0.2, 0.25) is 0 Å². The van der Waals surface area contributed by atoms with Gasteiger partial charge in [-0.05, 0) is 136 Å². The molecule has 0 unspecified atom stereocenters. The molecule has 0 atom stereocenters. The van der Waals surface area contributed by atoms with Crippen molar-refractivity contribution in [1.82, 2.24) is 35.9 Å². The fourth-order valence-corrected chi connectivity index (χ4v) is 9.28. The number of carbonyl (C=O) groups excluding carboxylic acids is 1. The van der Waals surface area contributed by atoms with E-state index < -0.39 is 0 Å². The van der Waals surface area contributed by atoms with E-state index in [-0.39, 0.29) is 5.91 Å². The minimum absolute atomic E-state index is 0.123. The van der Waals surface area contributed by atoms with Crippen LogP contribution >= 0.6 is 0 Å². The number of pyridine rings is 4. The van der Waals surface area contributed by atoms with Crippen molar-refractivity contribution >= 4 is 52.3 Å². The molecular formula is C58H68N12O+4. The summed E-state index contributed by atoms with van der Waals surface area (Å²) in [5, 5.41) is 10.0. The second kappa shape index (κ2) is 23.4. The third kappa shape index (κ3) is 12.1. The van der Waals surface area contributed by atoms with Crippen LogP contribution < -0.4 is 40.0 Å². The molecule has 0 fully saturated rings. The van der Waals surface area contributed by atoms with Gasteiger partial charge in [0.15, 0.2) is 49.6 Å². The van der Waals surface area contributed by atoms with E-state index >= 15 is 0 Å². The highest BCUT2D eigenvalue weighted by Crippen LogP contribution is 2.38. The Labute approximate surface area is 416 Å². The van der Waals surface area contributed by atoms with Crippen molar-refractivity contribution in [2.45, 2.75) is 51.5 Å². The second-order valence-corrected chi connectivity index (χ2v) is 18.6. The van der Waals surface area contributed by atoms with Crippen LogP contribution in [-0.2, 0) is 32.5 Å². The van der Waals surface area contributed by atoms with E-state index in [1.165, 1.54) is 0 Å². The first-order valence-corrected chi connectivity index (χ1v) is 25.2. The maximum Gasteiger partial charge on any atom is 0.219 e. The fraction of sp³-hybridized carbons (Fsp3) is 0.293. The SMILES string of the molecule is C[n+]1ccc(-c2c3nc(c(-c4cc[n+](C)cc4)c4ccc([nH]4)c(-c4cc[n+](CCCCC(=O)NCCCNCCCCNCCCN)cc4)c4ccc([nH]4)c(-c4cc[n+](C)cc4)c4nc2C=C4)C=C3)cc1. The van der Waals surface area contributed by atoms with E-state index in [0.29, 0.717) is 13.0 Å². The first kappa shape index (κ1) is 48.6. The van der Waals surface area contributed by atoms with E-state index in [9.17, 15) is 4.79 Å². The topological polar surface area (TPSA) is 152 Å². The first-order chi connectivity index (χ1) is 34.8. The molecule has 0 aliphatic carbocycles. The molecule has 0 spiro atoms. The van der Waals surface area contributed by atoms with Crippen molar-refractivity contribution in [2.24, 2.45) is 26.9 Å². The zero-order valence-electron chi connectivity index (χ0n) is 41.4. The molecule has 0 saturated heterocycles. The molecule has 8 bridgehead atoms. The predicted octanol–water partition coefficient (Wildman–Crippen LogP) is 7.07. The van der Waals surface area contributed by atoms with E-state index in [1.807, 2.05) is 34.8 Å². The minimum atomic E-state index is 0.123. The number of hydrogen-bond donors (Lipinski definition) is 6. The highest BCUT2D eigenvalue weighted by molar-refractivity contribution is 6.00. The molecule has 1 amide bonds. The van der Waals surface area contributed by atoms with Gasteiger partial charge in [0.1, 0.15) is 27.7 Å². The maximum atomic E-state index is 12.7. The van der Waals surface area contributed by atoms with Crippen molar-refractivity contribution < 1.29 is 23.1 Å². The molecule has 0 saturated carbocycles. The number of aromatic nitrogens is 8. The van der Waals surface area contributed by atoms with Gasteiger partial charge >= 0.3 is 0 Å². The van der Waals surface area contributed by atoms with Crippen LogP contribution in [0.5, 0.6) is 0 Å². The van der Waals surface area contributed by atoms with E-state index in [0.717, 1.165) is 167 Å². The third-order valence-electron chi connectivity index (χ3n) is 13.2. The number of H-pyrrole nitrogens is 2. The molecular weight excluding hydrogens is 881 g/mol. The number of carbonyl (C=O) groups is 1. The number of fused-ring (bicyclic) bond motifs is 8. The van der Waals surface area contributed by atoms with Crippen LogP contribution in [0.3, 0.4) is 0 Å². The Balaban J connectivity index is 1.02. The summed E-state index contributed by atoms with van der Waals surface area (Å²) >= 11 is 0. The Morgan fingerprint density at radius 2 is 0.859 bits per heavy atom. The smallest absolute Gasteiger partial charge is 0.219 e. The first-order valence-electron chi connectivity index (χ1n) is 25.2. The Bertz CT molecular complexity index is 3020. The normalized spacial score (nSPS) is 11.9. The Morgan fingerprint density at radius 1 is 0.465 bits per heavy atom. The van der Waals surface area contributed by atoms with Gasteiger partial charge in [0.2, 0.25) is 5.91 Å². The number of unbranched alkanes of at least 4 members (excludes halogenated alkanes) is 2. The largest absolute Gasteiger partial charge is 0.356 e. The van der Waals surface area contributed by atoms with Gasteiger partial charge in [0, 0.05) is 112 Å². The molecule has 9 rings (SSSR count). The number of nitrogens with one attached hydrogen (secondary N) is 5. The summed E-state index contributed by atoms with van der Waals surface area (Å²) < 4.78 is 8.35. The van der Waals surface area contributed by atoms with Crippen LogP contribution in [0.1, 0.15) is 67.7 Å². The zero-order chi connectivity index (χ0) is 48.9. The van der Waals surface area contributed by atoms with Crippen molar-refractivity contribution in [3.8, 4) is 44.5 Å². The summed E-state index contributed by atoms with van der Waals surface area (Å²) in [6, 6.07) is 25.9. The lowest BCUT2D eigenvalue weighted by Crippen LogP contribution is -2.32. The van der Waals surface area contributed by atoms with Crippen LogP contribution in [0.4, 0.5) is 0 Å². The number of amides is 1. The molecule has 362 valence electrons. The summed E-state index contributed by atoms with van der Waals surface area (Å²) in [5.74, 6) is 0.123. The van der Waals surface area contributed by atoms with Gasteiger partial charge in [-0.1, -0.05) is 0 Å². The monoisotopic (exact) mass is 949 g/mol. The van der Waals surface area contributed by atoms with Crippen LogP contribution in [0, 0.1) is 0 Å². The molecule has 2 aliphatic heterocycles. The molecule has 2 aliphatic rings. The number of aryl methyl sites for hydroxylation is 4. The summed E-state index contributed by atoms with van der Waals surface area (Å²) in [4.78, 5) is 31.3. The van der Waals surface area contributed by atoms with Crippen LogP contribution in [0.25, 0.3) is 90.9 Å². The van der Waals surface area contributed by atoms with Crippen molar-refractivity contribution in [2.75, 3.05) is 39.3 Å². The third-order valence-corrected chi connectivity index (χ3v) is 13.2. The summed E-state index contributed by atoms with van der Waals surface area (Å²) in [7, 11) is 6.10. The molecule has 7 aromatic heterocycles. The summed E-state index contributed by atoms with van der Waals surface area (Å²) in [5.41, 5.74) is 21.1. The average molecular weight is 949 g/mol. The molecule has 0 aromatic carbocycles. The van der Waals surface area contributed by atoms with Gasteiger partial charge in [-0.3, -0.25) is 4.79 Å². The molecule has 13 heteroatoms. The van der Waals surface area contributed by atoms with Crippen molar-refractivity contribution in [3.63, 3.8) is 0 Å². The molecule has 7 aromatic rings. The molecule has 71 heavy (non-hydrogen) atoms. The zero-order valence-corrected chi connectivity index (χ0v) is 41.4. The van der Waals surface area contributed by atoms with Crippen molar-refractivity contribution in [3.05, 3.63) is 145 Å². The van der Waals surface area contributed by atoms with Gasteiger partial charge in [-0.2, -0.15) is 0 Å². The van der Waals surface area contributed by atoms with E-state index in [2.05, 4.69) is 177 Å². The summed E-state index contributed by atoms with van der Waals surface area (Å²) in [6.45, 7) is 6.20. The number of hydrogen-bond acceptors (Lipinski definition) is 6. The molecule has 0 radical (unpaired) electrons. The highest BCUT2D eigenvalue weighted by atomic mass is 16.1. The lowest BCUT2D eigenvalue weighted by molar-refractivity contribution is -0.697. The number of nitrogens with two attached hydrogens (primary N) is 1. The fourth-order valence-electron chi connectivity index (χ4n) is 9.28. The number of rotatable bonds is 21. The quantitative estimate of drug-likeness (QED) is 0.0335. The van der Waals surface area contributed by atoms with Crippen LogP contribution in [0.15, 0.2) is 122 Å². The van der Waals surface area contributed by atoms with Gasteiger partial charge < -0.3 is 31.7 Å². The lowest BCUT2D eigenvalue weighted by Gasteiger charge is -2.07. The standard InChI is InChI=1S/C58H66N12O/c1-67-34-19-42(20-35-67)55-46-11-13-48(63-46)56(43-21-36-68(2)37-22-43)50-15-17-52(65-50)58(53-18-16-51(66-53)57(49-14-12-47(55)64-49)44-23-38-69(3)39-24-44)45-25-40-70(41-26-45)33-7-4-10-54(71)62-32-9-31-61-29-6-5-28-60-30-8-27-59/h11-26,34-41,60-61H,4-10,27-33,59H2,1-3H3,(H-,62,63,64,65,66,71)/q+2/p+2. The highest BCUT2D eigenvalue weighted by Gasteiger charge is 2.21. The average Bonchev–Trinajstić information content (AvgIpc) is 4.24. The van der Waals surface area contributed by atoms with Crippen molar-refractivity contribution in [1.29, 1.82) is 0 Å². The number of nitrogens with zero attached hydrogens (tertiary/aromatic N) is 6. The van der Waals surface area contributed by atoms with Gasteiger partial charge in [-0.25, -0.2) is 28.2 Å². The van der Waals surface area contributed by atoms with E-state index in [1.54, 1.807) is 0 Å². The Morgan fingerprint density at radius 3 is 1.34 bits per heavy atom. The van der Waals surface area contributed by atoms with Gasteiger partial charge in [0.25, 0.3) is 0 Å². The minimum Gasteiger partial charge on any atom is -0.356 e. The molecule has 9 heterocycles. The van der Waals surface area contributed by atoms with E-state index in [4.69, 9.17) is 15.7 Å². The van der Waals surface area contributed by atoms with Gasteiger partial charge in [-0.15, -0.1) is 0 Å².